The summed E-state index contributed by atoms with van der Waals surface area (Å²) in [6, 6.07) is 3.84. The number of aryl methyl sites for hydroxylation is 2. The highest BCUT2D eigenvalue weighted by atomic mass is 16.4. The quantitative estimate of drug-likeness (QED) is 0.862. The molecule has 0 saturated heterocycles. The lowest BCUT2D eigenvalue weighted by Crippen LogP contribution is -2.13. The zero-order valence-corrected chi connectivity index (χ0v) is 11.6. The summed E-state index contributed by atoms with van der Waals surface area (Å²) in [4.78, 5) is 10.6. The highest BCUT2D eigenvalue weighted by Crippen LogP contribution is 2.34. The fourth-order valence-corrected chi connectivity index (χ4v) is 2.00. The average Bonchev–Trinajstić information content (AvgIpc) is 2.25. The van der Waals surface area contributed by atoms with E-state index in [4.69, 9.17) is 5.11 Å². The Morgan fingerprint density at radius 3 is 2.33 bits per heavy atom. The molecule has 0 spiro atoms. The number of benzene rings is 1. The van der Waals surface area contributed by atoms with E-state index in [1.165, 1.54) is 0 Å². The summed E-state index contributed by atoms with van der Waals surface area (Å²) in [6.07, 6.45) is 1.37. The normalized spacial score (nSPS) is 11.6. The molecule has 0 unspecified atom stereocenters. The Kier molecular flexibility index (Phi) is 4.38. The van der Waals surface area contributed by atoms with E-state index in [9.17, 15) is 9.90 Å². The van der Waals surface area contributed by atoms with Crippen molar-refractivity contribution in [1.29, 1.82) is 0 Å². The van der Waals surface area contributed by atoms with Crippen LogP contribution < -0.4 is 0 Å². The zero-order chi connectivity index (χ0) is 13.9. The van der Waals surface area contributed by atoms with Gasteiger partial charge in [-0.05, 0) is 34.9 Å². The van der Waals surface area contributed by atoms with E-state index in [1.54, 1.807) is 0 Å². The molecule has 0 heterocycles. The van der Waals surface area contributed by atoms with E-state index < -0.39 is 5.97 Å². The van der Waals surface area contributed by atoms with Gasteiger partial charge in [-0.3, -0.25) is 4.79 Å². The van der Waals surface area contributed by atoms with Crippen molar-refractivity contribution in [3.63, 3.8) is 0 Å². The topological polar surface area (TPSA) is 57.5 Å². The van der Waals surface area contributed by atoms with Crippen molar-refractivity contribution in [3.8, 4) is 5.75 Å². The van der Waals surface area contributed by atoms with Crippen LogP contribution >= 0.6 is 0 Å². The largest absolute Gasteiger partial charge is 0.507 e. The van der Waals surface area contributed by atoms with Gasteiger partial charge in [0.25, 0.3) is 0 Å². The Balaban J connectivity index is 3.18. The van der Waals surface area contributed by atoms with Crippen molar-refractivity contribution in [3.05, 3.63) is 28.8 Å². The zero-order valence-electron chi connectivity index (χ0n) is 11.6. The van der Waals surface area contributed by atoms with Crippen molar-refractivity contribution >= 4 is 5.97 Å². The van der Waals surface area contributed by atoms with Crippen LogP contribution in [0.25, 0.3) is 0 Å². The summed E-state index contributed by atoms with van der Waals surface area (Å²) in [6.45, 7) is 8.12. The number of hydrogen-bond donors (Lipinski definition) is 2. The predicted octanol–water partition coefficient (Wildman–Crippen LogP) is 3.27. The van der Waals surface area contributed by atoms with Crippen molar-refractivity contribution in [2.75, 3.05) is 0 Å². The van der Waals surface area contributed by atoms with Crippen molar-refractivity contribution in [2.24, 2.45) is 0 Å². The van der Waals surface area contributed by atoms with Crippen LogP contribution in [0.3, 0.4) is 0 Å². The van der Waals surface area contributed by atoms with Crippen molar-refractivity contribution in [1.82, 2.24) is 0 Å². The van der Waals surface area contributed by atoms with E-state index in [1.807, 2.05) is 39.8 Å². The number of aliphatic carboxylic acids is 1. The lowest BCUT2D eigenvalue weighted by Gasteiger charge is -2.23. The standard InChI is InChI=1S/C15H22O3/c1-5-11-8-10(6-7-13(16)17)9-12(14(11)18)15(2,3)4/h8-9,18H,5-7H2,1-4H3,(H,16,17). The van der Waals surface area contributed by atoms with E-state index in [0.717, 1.165) is 23.1 Å². The van der Waals surface area contributed by atoms with Crippen molar-refractivity contribution in [2.45, 2.75) is 52.4 Å². The molecule has 1 aromatic carbocycles. The number of carboxylic acids is 1. The van der Waals surface area contributed by atoms with E-state index in [-0.39, 0.29) is 11.8 Å². The Labute approximate surface area is 108 Å². The molecule has 0 aromatic heterocycles. The first-order valence-electron chi connectivity index (χ1n) is 6.32. The average molecular weight is 250 g/mol. The molecular weight excluding hydrogens is 228 g/mol. The minimum atomic E-state index is -0.793. The fraction of sp³-hybridized carbons (Fsp3) is 0.533. The maximum absolute atomic E-state index is 10.6. The van der Waals surface area contributed by atoms with Gasteiger partial charge in [-0.25, -0.2) is 0 Å². The monoisotopic (exact) mass is 250 g/mol. The molecule has 1 aromatic rings. The number of carbonyl (C=O) groups is 1. The molecular formula is C15H22O3. The van der Waals surface area contributed by atoms with Gasteiger partial charge in [0.1, 0.15) is 5.75 Å². The first kappa shape index (κ1) is 14.6. The van der Waals surface area contributed by atoms with Gasteiger partial charge in [0.05, 0.1) is 0 Å². The molecule has 100 valence electrons. The molecule has 18 heavy (non-hydrogen) atoms. The smallest absolute Gasteiger partial charge is 0.303 e. The molecule has 0 aliphatic rings. The molecule has 0 radical (unpaired) electrons. The Hall–Kier alpha value is -1.51. The van der Waals surface area contributed by atoms with Gasteiger partial charge in [0, 0.05) is 6.42 Å². The molecule has 1 rings (SSSR count). The second-order valence-corrected chi connectivity index (χ2v) is 5.65. The number of phenols is 1. The van der Waals surface area contributed by atoms with Gasteiger partial charge in [0.15, 0.2) is 0 Å². The van der Waals surface area contributed by atoms with Crippen LogP contribution in [0.5, 0.6) is 5.75 Å². The third-order valence-corrected chi connectivity index (χ3v) is 3.07. The van der Waals surface area contributed by atoms with Gasteiger partial charge >= 0.3 is 5.97 Å². The second kappa shape index (κ2) is 5.42. The molecule has 3 heteroatoms. The van der Waals surface area contributed by atoms with Crippen LogP contribution in [0.1, 0.15) is 50.8 Å². The third kappa shape index (κ3) is 3.49. The minimum absolute atomic E-state index is 0.123. The molecule has 0 fully saturated rings. The second-order valence-electron chi connectivity index (χ2n) is 5.65. The van der Waals surface area contributed by atoms with Crippen LogP contribution in [-0.2, 0) is 23.1 Å². The first-order valence-corrected chi connectivity index (χ1v) is 6.32. The number of rotatable bonds is 4. The van der Waals surface area contributed by atoms with Crippen LogP contribution in [-0.4, -0.2) is 16.2 Å². The number of carboxylic acid groups (broad SMARTS) is 1. The Morgan fingerprint density at radius 1 is 1.28 bits per heavy atom. The lowest BCUT2D eigenvalue weighted by molar-refractivity contribution is -0.136. The van der Waals surface area contributed by atoms with Gasteiger partial charge < -0.3 is 10.2 Å². The van der Waals surface area contributed by atoms with E-state index in [0.29, 0.717) is 12.2 Å². The summed E-state index contributed by atoms with van der Waals surface area (Å²) in [7, 11) is 0. The summed E-state index contributed by atoms with van der Waals surface area (Å²) < 4.78 is 0. The van der Waals surface area contributed by atoms with Crippen LogP contribution in [0.2, 0.25) is 0 Å². The lowest BCUT2D eigenvalue weighted by atomic mass is 9.83. The summed E-state index contributed by atoms with van der Waals surface area (Å²) in [5, 5.41) is 18.9. The fourth-order valence-electron chi connectivity index (χ4n) is 2.00. The number of hydrogen-bond acceptors (Lipinski definition) is 2. The number of phenolic OH excluding ortho intramolecular Hbond substituents is 1. The van der Waals surface area contributed by atoms with Gasteiger partial charge in [0.2, 0.25) is 0 Å². The molecule has 3 nitrogen and oxygen atoms in total. The van der Waals surface area contributed by atoms with Crippen molar-refractivity contribution < 1.29 is 15.0 Å². The highest BCUT2D eigenvalue weighted by molar-refractivity contribution is 5.67. The predicted molar refractivity (Wildman–Crippen MR) is 72.1 cm³/mol. The number of aromatic hydroxyl groups is 1. The molecule has 0 saturated carbocycles. The SMILES string of the molecule is CCc1cc(CCC(=O)O)cc(C(C)(C)C)c1O. The molecule has 0 amide bonds. The minimum Gasteiger partial charge on any atom is -0.507 e. The van der Waals surface area contributed by atoms with Gasteiger partial charge in [-0.2, -0.15) is 0 Å². The first-order chi connectivity index (χ1) is 8.25. The Morgan fingerprint density at radius 2 is 1.89 bits per heavy atom. The Bertz CT molecular complexity index is 442. The molecule has 2 N–H and O–H groups in total. The van der Waals surface area contributed by atoms with Crippen LogP contribution in [0.15, 0.2) is 12.1 Å². The maximum Gasteiger partial charge on any atom is 0.303 e. The third-order valence-electron chi connectivity index (χ3n) is 3.07. The van der Waals surface area contributed by atoms with E-state index >= 15 is 0 Å². The summed E-state index contributed by atoms with van der Waals surface area (Å²) >= 11 is 0. The van der Waals surface area contributed by atoms with Gasteiger partial charge in [-0.15, -0.1) is 0 Å². The molecule has 0 aliphatic carbocycles. The molecule has 0 atom stereocenters. The molecule has 0 bridgehead atoms. The van der Waals surface area contributed by atoms with Crippen LogP contribution in [0, 0.1) is 0 Å². The maximum atomic E-state index is 10.6. The van der Waals surface area contributed by atoms with Gasteiger partial charge in [-0.1, -0.05) is 39.8 Å². The van der Waals surface area contributed by atoms with E-state index in [2.05, 4.69) is 0 Å². The summed E-state index contributed by atoms with van der Waals surface area (Å²) in [5.41, 5.74) is 2.62. The summed E-state index contributed by atoms with van der Waals surface area (Å²) in [5.74, 6) is -0.442. The molecule has 0 aliphatic heterocycles. The highest BCUT2D eigenvalue weighted by Gasteiger charge is 2.20. The van der Waals surface area contributed by atoms with Crippen LogP contribution in [0.4, 0.5) is 0 Å².